The zero-order valence-corrected chi connectivity index (χ0v) is 20.1. The Bertz CT molecular complexity index is 1400. The molecular formula is C27H30N4O4. The third-order valence-electron chi connectivity index (χ3n) is 6.98. The summed E-state index contributed by atoms with van der Waals surface area (Å²) in [5, 5.41) is 0.788. The number of hydrogen-bond acceptors (Lipinski definition) is 5. The van der Waals surface area contributed by atoms with Crippen LogP contribution < -0.4 is 15.0 Å². The van der Waals surface area contributed by atoms with E-state index in [1.165, 1.54) is 16.5 Å². The number of likely N-dealkylation sites (tertiary alicyclic amines) is 1. The summed E-state index contributed by atoms with van der Waals surface area (Å²) in [7, 11) is 3.14. The average Bonchev–Trinajstić information content (AvgIpc) is 3.26. The Morgan fingerprint density at radius 3 is 2.51 bits per heavy atom. The van der Waals surface area contributed by atoms with Crippen molar-refractivity contribution < 1.29 is 14.3 Å². The monoisotopic (exact) mass is 474 g/mol. The first kappa shape index (κ1) is 23.0. The van der Waals surface area contributed by atoms with Crippen molar-refractivity contribution in [2.24, 2.45) is 5.92 Å². The number of amides is 1. The van der Waals surface area contributed by atoms with Gasteiger partial charge in [0.05, 0.1) is 26.1 Å². The lowest BCUT2D eigenvalue weighted by Crippen LogP contribution is -2.39. The molecule has 0 saturated carbocycles. The van der Waals surface area contributed by atoms with Gasteiger partial charge in [0.1, 0.15) is 11.0 Å². The number of aromatic nitrogens is 3. The second kappa shape index (κ2) is 9.82. The molecule has 5 rings (SSSR count). The van der Waals surface area contributed by atoms with Gasteiger partial charge in [-0.3, -0.25) is 14.2 Å². The number of carbonyl (C=O) groups is 1. The minimum Gasteiger partial charge on any atom is -0.493 e. The molecule has 1 N–H and O–H groups in total. The number of H-pyrrole nitrogens is 1. The number of hydrogen-bond donors (Lipinski definition) is 1. The second-order valence-electron chi connectivity index (χ2n) is 9.11. The summed E-state index contributed by atoms with van der Waals surface area (Å²) in [6.45, 7) is 1.84. The highest BCUT2D eigenvalue weighted by molar-refractivity contribution is 6.05. The Kier molecular flexibility index (Phi) is 6.44. The van der Waals surface area contributed by atoms with E-state index in [1.807, 2.05) is 17.0 Å². The van der Waals surface area contributed by atoms with E-state index in [0.29, 0.717) is 35.0 Å². The van der Waals surface area contributed by atoms with Crippen LogP contribution >= 0.6 is 0 Å². The molecule has 1 aliphatic rings. The summed E-state index contributed by atoms with van der Waals surface area (Å²) in [6.07, 6.45) is 4.88. The van der Waals surface area contributed by atoms with E-state index in [4.69, 9.17) is 9.47 Å². The average molecular weight is 475 g/mol. The highest BCUT2D eigenvalue weighted by Gasteiger charge is 2.23. The highest BCUT2D eigenvalue weighted by atomic mass is 16.5. The van der Waals surface area contributed by atoms with E-state index in [-0.39, 0.29) is 17.9 Å². The molecule has 0 aliphatic carbocycles. The van der Waals surface area contributed by atoms with Gasteiger partial charge in [-0.2, -0.15) is 0 Å². The van der Waals surface area contributed by atoms with Crippen molar-refractivity contribution in [1.82, 2.24) is 19.4 Å². The van der Waals surface area contributed by atoms with Crippen molar-refractivity contribution >= 4 is 27.8 Å². The fourth-order valence-corrected chi connectivity index (χ4v) is 4.99. The summed E-state index contributed by atoms with van der Waals surface area (Å²) < 4.78 is 12.3. The topological polar surface area (TPSA) is 89.5 Å². The zero-order valence-electron chi connectivity index (χ0n) is 20.1. The fraction of sp³-hybridized carbons (Fsp3) is 0.370. The molecule has 1 saturated heterocycles. The molecule has 2 aromatic heterocycles. The summed E-state index contributed by atoms with van der Waals surface area (Å²) in [6, 6.07) is 14.1. The summed E-state index contributed by atoms with van der Waals surface area (Å²) in [5.74, 6) is 1.84. The number of nitrogens with zero attached hydrogens (tertiary/aromatic N) is 3. The van der Waals surface area contributed by atoms with Crippen LogP contribution in [0.3, 0.4) is 0 Å². The number of rotatable bonds is 7. The molecule has 1 aliphatic heterocycles. The molecule has 1 amide bonds. The number of aryl methyl sites for hydroxylation is 1. The zero-order chi connectivity index (χ0) is 24.4. The lowest BCUT2D eigenvalue weighted by atomic mass is 9.90. The van der Waals surface area contributed by atoms with Gasteiger partial charge >= 0.3 is 0 Å². The van der Waals surface area contributed by atoms with Gasteiger partial charge < -0.3 is 19.4 Å². The van der Waals surface area contributed by atoms with E-state index in [9.17, 15) is 9.59 Å². The molecule has 3 heterocycles. The number of nitrogens with one attached hydrogen (secondary N) is 1. The minimum absolute atomic E-state index is 0.0845. The van der Waals surface area contributed by atoms with E-state index < -0.39 is 0 Å². The van der Waals surface area contributed by atoms with Crippen LogP contribution in [0.5, 0.6) is 11.5 Å². The molecule has 8 nitrogen and oxygen atoms in total. The van der Waals surface area contributed by atoms with Crippen molar-refractivity contribution in [1.29, 1.82) is 0 Å². The molecule has 1 fully saturated rings. The molecule has 0 atom stereocenters. The van der Waals surface area contributed by atoms with Gasteiger partial charge in [0, 0.05) is 37.5 Å². The van der Waals surface area contributed by atoms with Crippen molar-refractivity contribution in [3.05, 3.63) is 64.7 Å². The molecular weight excluding hydrogens is 444 g/mol. The number of fused-ring (bicyclic) bond motifs is 3. The maximum absolute atomic E-state index is 13.1. The largest absolute Gasteiger partial charge is 0.493 e. The number of ether oxygens (including phenoxy) is 2. The van der Waals surface area contributed by atoms with Gasteiger partial charge in [-0.05, 0) is 36.8 Å². The van der Waals surface area contributed by atoms with Crippen LogP contribution in [0.25, 0.3) is 21.9 Å². The fourth-order valence-electron chi connectivity index (χ4n) is 4.99. The Morgan fingerprint density at radius 1 is 1.09 bits per heavy atom. The van der Waals surface area contributed by atoms with Crippen molar-refractivity contribution in [3.63, 3.8) is 0 Å². The van der Waals surface area contributed by atoms with Gasteiger partial charge in [0.15, 0.2) is 11.5 Å². The standard InChI is InChI=1S/C27H30N4O4/c1-34-22-15-20-21(16-23(22)35-2)29-26-25(20)28-17-31(27(26)33)13-10-24(32)30-11-8-19(9-12-30)14-18-6-4-3-5-7-18/h3-7,15-17,19,29H,8-14H2,1-2H3. The van der Waals surface area contributed by atoms with Crippen LogP contribution in [-0.2, 0) is 17.8 Å². The van der Waals surface area contributed by atoms with Crippen LogP contribution in [0.4, 0.5) is 0 Å². The van der Waals surface area contributed by atoms with Crippen LogP contribution in [0.15, 0.2) is 53.6 Å². The Labute approximate surface area is 203 Å². The van der Waals surface area contributed by atoms with Gasteiger partial charge in [-0.15, -0.1) is 0 Å². The predicted octanol–water partition coefficient (Wildman–Crippen LogP) is 3.77. The highest BCUT2D eigenvalue weighted by Crippen LogP contribution is 2.34. The predicted molar refractivity (Wildman–Crippen MR) is 135 cm³/mol. The first-order valence-corrected chi connectivity index (χ1v) is 12.0. The van der Waals surface area contributed by atoms with Gasteiger partial charge in [-0.1, -0.05) is 30.3 Å². The number of methoxy groups -OCH3 is 2. The Morgan fingerprint density at radius 2 is 1.80 bits per heavy atom. The molecule has 35 heavy (non-hydrogen) atoms. The lowest BCUT2D eigenvalue weighted by molar-refractivity contribution is -0.132. The smallest absolute Gasteiger partial charge is 0.277 e. The molecule has 0 spiro atoms. The van der Waals surface area contributed by atoms with Crippen LogP contribution in [0.2, 0.25) is 0 Å². The van der Waals surface area contributed by atoms with Crippen LogP contribution in [0.1, 0.15) is 24.8 Å². The Hall–Kier alpha value is -3.81. The molecule has 4 aromatic rings. The second-order valence-corrected chi connectivity index (χ2v) is 9.11. The summed E-state index contributed by atoms with van der Waals surface area (Å²) >= 11 is 0. The molecule has 8 heteroatoms. The molecule has 0 radical (unpaired) electrons. The van der Waals surface area contributed by atoms with Crippen molar-refractivity contribution in [2.45, 2.75) is 32.2 Å². The van der Waals surface area contributed by atoms with Gasteiger partial charge in [-0.25, -0.2) is 4.98 Å². The number of carbonyl (C=O) groups excluding carboxylic acids is 1. The number of piperidine rings is 1. The first-order valence-electron chi connectivity index (χ1n) is 12.0. The molecule has 0 unspecified atom stereocenters. The normalized spacial score (nSPS) is 14.5. The molecule has 0 bridgehead atoms. The van der Waals surface area contributed by atoms with Crippen molar-refractivity contribution in [3.8, 4) is 11.5 Å². The van der Waals surface area contributed by atoms with Gasteiger partial charge in [0.2, 0.25) is 5.91 Å². The third kappa shape index (κ3) is 4.60. The van der Waals surface area contributed by atoms with Crippen molar-refractivity contribution in [2.75, 3.05) is 27.3 Å². The minimum atomic E-state index is -0.196. The van der Waals surface area contributed by atoms with E-state index in [1.54, 1.807) is 20.3 Å². The third-order valence-corrected chi connectivity index (χ3v) is 6.98. The summed E-state index contributed by atoms with van der Waals surface area (Å²) in [5.41, 5.74) is 2.89. The molecule has 2 aromatic carbocycles. The first-order chi connectivity index (χ1) is 17.1. The van der Waals surface area contributed by atoms with Gasteiger partial charge in [0.25, 0.3) is 5.56 Å². The molecule has 182 valence electrons. The number of aromatic amines is 1. The van der Waals surface area contributed by atoms with Crippen LogP contribution in [-0.4, -0.2) is 52.7 Å². The summed E-state index contributed by atoms with van der Waals surface area (Å²) in [4.78, 5) is 35.6. The van der Waals surface area contributed by atoms with E-state index in [0.717, 1.165) is 43.3 Å². The number of benzene rings is 2. The maximum atomic E-state index is 13.1. The Balaban J connectivity index is 1.24. The maximum Gasteiger partial charge on any atom is 0.277 e. The van der Waals surface area contributed by atoms with Crippen LogP contribution in [0, 0.1) is 5.92 Å². The SMILES string of the molecule is COc1cc2[nH]c3c(=O)n(CCC(=O)N4CCC(Cc5ccccc5)CC4)cnc3c2cc1OC. The van der Waals surface area contributed by atoms with E-state index in [2.05, 4.69) is 34.2 Å². The lowest BCUT2D eigenvalue weighted by Gasteiger charge is -2.32. The van der Waals surface area contributed by atoms with E-state index >= 15 is 0 Å². The quantitative estimate of drug-likeness (QED) is 0.441.